The van der Waals surface area contributed by atoms with E-state index in [0.29, 0.717) is 17.2 Å². The van der Waals surface area contributed by atoms with Crippen molar-refractivity contribution in [1.29, 1.82) is 0 Å². The Morgan fingerprint density at radius 3 is 2.85 bits per heavy atom. The van der Waals surface area contributed by atoms with E-state index in [1.54, 1.807) is 0 Å². The van der Waals surface area contributed by atoms with Gasteiger partial charge in [0.2, 0.25) is 0 Å². The minimum absolute atomic E-state index is 0.0118. The van der Waals surface area contributed by atoms with Crippen LogP contribution < -0.4 is 5.32 Å². The summed E-state index contributed by atoms with van der Waals surface area (Å²) in [7, 11) is 0. The van der Waals surface area contributed by atoms with Gasteiger partial charge in [-0.15, -0.1) is 5.10 Å². The van der Waals surface area contributed by atoms with Gasteiger partial charge in [0.25, 0.3) is 0 Å². The van der Waals surface area contributed by atoms with Gasteiger partial charge in [-0.3, -0.25) is 5.32 Å². The molecular formula is C18H19N5O2S. The smallest absolute Gasteiger partial charge is 0.323 e. The molecule has 1 atom stereocenters. The summed E-state index contributed by atoms with van der Waals surface area (Å²) in [6.45, 7) is 4.51. The van der Waals surface area contributed by atoms with Crippen molar-refractivity contribution >= 4 is 22.6 Å². The number of nitrogens with one attached hydrogen (secondary N) is 1. The summed E-state index contributed by atoms with van der Waals surface area (Å²) in [5.74, 6) is 0.775. The number of likely N-dealkylation sites (tertiary alicyclic amines) is 1. The van der Waals surface area contributed by atoms with Crippen molar-refractivity contribution in [3.8, 4) is 11.3 Å². The van der Waals surface area contributed by atoms with Crippen LogP contribution in [0.2, 0.25) is 0 Å². The number of aromatic nitrogens is 3. The summed E-state index contributed by atoms with van der Waals surface area (Å²) in [6.07, 6.45) is 1.86. The first-order valence-corrected chi connectivity index (χ1v) is 9.30. The number of nitrogens with zero attached hydrogens (tertiary/aromatic N) is 4. The Bertz CT molecular complexity index is 901. The molecule has 2 aromatic heterocycles. The predicted octanol–water partition coefficient (Wildman–Crippen LogP) is 4.18. The molecule has 1 saturated heterocycles. The first-order valence-electron chi connectivity index (χ1n) is 8.53. The van der Waals surface area contributed by atoms with E-state index < -0.39 is 0 Å². The van der Waals surface area contributed by atoms with Crippen LogP contribution in [0.3, 0.4) is 0 Å². The Labute approximate surface area is 155 Å². The van der Waals surface area contributed by atoms with Crippen LogP contribution in [0.5, 0.6) is 0 Å². The molecule has 8 heteroatoms. The summed E-state index contributed by atoms with van der Waals surface area (Å²) < 4.78 is 9.30. The fourth-order valence-electron chi connectivity index (χ4n) is 3.50. The van der Waals surface area contributed by atoms with Crippen LogP contribution >= 0.6 is 11.5 Å². The van der Waals surface area contributed by atoms with Crippen LogP contribution in [0.25, 0.3) is 11.3 Å². The van der Waals surface area contributed by atoms with Gasteiger partial charge in [-0.1, -0.05) is 40.0 Å². The Kier molecular flexibility index (Phi) is 4.42. The van der Waals surface area contributed by atoms with Gasteiger partial charge in [0.05, 0.1) is 11.7 Å². The van der Waals surface area contributed by atoms with Crippen molar-refractivity contribution in [1.82, 2.24) is 19.6 Å². The van der Waals surface area contributed by atoms with Crippen molar-refractivity contribution in [3.63, 3.8) is 0 Å². The van der Waals surface area contributed by atoms with E-state index in [-0.39, 0.29) is 12.1 Å². The standard InChI is InChI=1S/C18H19N5O2S/c1-11-15(12(2)25-21-11)14-9-6-10-23(14)18(24)19-17-16(20-22-26-17)13-7-4-3-5-8-13/h3-5,7-8,14H,6,9-10H2,1-2H3,(H,19,24). The third-order valence-corrected chi connectivity index (χ3v) is 5.33. The van der Waals surface area contributed by atoms with E-state index in [4.69, 9.17) is 4.52 Å². The van der Waals surface area contributed by atoms with Crippen LogP contribution in [0.4, 0.5) is 9.80 Å². The van der Waals surface area contributed by atoms with Gasteiger partial charge in [0.1, 0.15) is 16.5 Å². The third-order valence-electron chi connectivity index (χ3n) is 4.69. The number of hydrogen-bond donors (Lipinski definition) is 1. The van der Waals surface area contributed by atoms with Crippen LogP contribution in [-0.2, 0) is 0 Å². The Morgan fingerprint density at radius 1 is 1.31 bits per heavy atom. The summed E-state index contributed by atoms with van der Waals surface area (Å²) in [5.41, 5.74) is 3.48. The second-order valence-corrected chi connectivity index (χ2v) is 7.09. The average molecular weight is 369 g/mol. The number of carbonyl (C=O) groups excluding carboxylic acids is 1. The molecule has 3 aromatic rings. The van der Waals surface area contributed by atoms with E-state index in [2.05, 4.69) is 20.1 Å². The zero-order valence-electron chi connectivity index (χ0n) is 14.6. The normalized spacial score (nSPS) is 16.8. The molecule has 3 heterocycles. The molecule has 2 amide bonds. The molecule has 1 fully saturated rings. The lowest BCUT2D eigenvalue weighted by Gasteiger charge is -2.24. The minimum Gasteiger partial charge on any atom is -0.361 e. The lowest BCUT2D eigenvalue weighted by atomic mass is 10.0. The highest BCUT2D eigenvalue weighted by Crippen LogP contribution is 2.36. The van der Waals surface area contributed by atoms with Crippen LogP contribution in [0.15, 0.2) is 34.9 Å². The number of amides is 2. The molecular weight excluding hydrogens is 350 g/mol. The van der Waals surface area contributed by atoms with Gasteiger partial charge in [-0.05, 0) is 26.7 Å². The summed E-state index contributed by atoms with van der Waals surface area (Å²) in [5, 5.41) is 11.9. The summed E-state index contributed by atoms with van der Waals surface area (Å²) in [6, 6.07) is 9.57. The highest BCUT2D eigenvalue weighted by molar-refractivity contribution is 7.10. The molecule has 1 aromatic carbocycles. The largest absolute Gasteiger partial charge is 0.361 e. The van der Waals surface area contributed by atoms with Crippen molar-refractivity contribution in [2.45, 2.75) is 32.7 Å². The van der Waals surface area contributed by atoms with Gasteiger partial charge in [0.15, 0.2) is 0 Å². The van der Waals surface area contributed by atoms with Gasteiger partial charge >= 0.3 is 6.03 Å². The van der Waals surface area contributed by atoms with Crippen molar-refractivity contribution in [2.75, 3.05) is 11.9 Å². The molecule has 1 aliphatic heterocycles. The highest BCUT2D eigenvalue weighted by atomic mass is 32.1. The molecule has 134 valence electrons. The quantitative estimate of drug-likeness (QED) is 0.749. The average Bonchev–Trinajstić information content (AvgIpc) is 3.36. The summed E-state index contributed by atoms with van der Waals surface area (Å²) in [4.78, 5) is 14.8. The molecule has 0 spiro atoms. The van der Waals surface area contributed by atoms with Crippen molar-refractivity contribution in [3.05, 3.63) is 47.3 Å². The number of anilines is 1. The lowest BCUT2D eigenvalue weighted by Crippen LogP contribution is -2.34. The van der Waals surface area contributed by atoms with E-state index in [9.17, 15) is 4.79 Å². The van der Waals surface area contributed by atoms with Gasteiger partial charge in [-0.25, -0.2) is 4.79 Å². The Balaban J connectivity index is 1.57. The van der Waals surface area contributed by atoms with Crippen molar-refractivity contribution in [2.24, 2.45) is 0 Å². The molecule has 0 radical (unpaired) electrons. The minimum atomic E-state index is -0.143. The van der Waals surface area contributed by atoms with Crippen LogP contribution in [-0.4, -0.2) is 32.2 Å². The Hall–Kier alpha value is -2.74. The van der Waals surface area contributed by atoms with Crippen LogP contribution in [0.1, 0.15) is 35.9 Å². The predicted molar refractivity (Wildman–Crippen MR) is 99.0 cm³/mol. The van der Waals surface area contributed by atoms with E-state index in [1.165, 1.54) is 11.5 Å². The number of carbonyl (C=O) groups is 1. The van der Waals surface area contributed by atoms with Gasteiger partial charge in [0, 0.05) is 29.2 Å². The number of benzene rings is 1. The molecule has 1 aliphatic rings. The fourth-order valence-corrected chi connectivity index (χ4v) is 4.08. The zero-order valence-corrected chi connectivity index (χ0v) is 15.4. The molecule has 0 aliphatic carbocycles. The van der Waals surface area contributed by atoms with E-state index in [1.807, 2.05) is 49.1 Å². The first-order chi connectivity index (χ1) is 12.6. The summed E-state index contributed by atoms with van der Waals surface area (Å²) >= 11 is 1.19. The number of hydrogen-bond acceptors (Lipinski definition) is 6. The third kappa shape index (κ3) is 2.96. The van der Waals surface area contributed by atoms with Gasteiger partial charge < -0.3 is 9.42 Å². The molecule has 4 rings (SSSR count). The van der Waals surface area contributed by atoms with E-state index >= 15 is 0 Å². The second kappa shape index (κ2) is 6.87. The lowest BCUT2D eigenvalue weighted by molar-refractivity contribution is 0.206. The van der Waals surface area contributed by atoms with Crippen molar-refractivity contribution < 1.29 is 9.32 Å². The van der Waals surface area contributed by atoms with Crippen LogP contribution in [0, 0.1) is 13.8 Å². The maximum absolute atomic E-state index is 12.9. The number of aryl methyl sites for hydroxylation is 2. The number of rotatable bonds is 3. The second-order valence-electron chi connectivity index (χ2n) is 6.34. The molecule has 1 unspecified atom stereocenters. The monoisotopic (exact) mass is 369 g/mol. The van der Waals surface area contributed by atoms with Gasteiger partial charge in [-0.2, -0.15) is 0 Å². The highest BCUT2D eigenvalue weighted by Gasteiger charge is 2.34. The maximum Gasteiger partial charge on any atom is 0.323 e. The fraction of sp³-hybridized carbons (Fsp3) is 0.333. The zero-order chi connectivity index (χ0) is 18.1. The molecule has 26 heavy (non-hydrogen) atoms. The molecule has 7 nitrogen and oxygen atoms in total. The van der Waals surface area contributed by atoms with E-state index in [0.717, 1.165) is 35.4 Å². The topological polar surface area (TPSA) is 84.2 Å². The molecule has 0 bridgehead atoms. The molecule has 0 saturated carbocycles. The Morgan fingerprint density at radius 2 is 2.12 bits per heavy atom. The maximum atomic E-state index is 12.9. The number of urea groups is 1. The molecule has 1 N–H and O–H groups in total. The SMILES string of the molecule is Cc1noc(C)c1C1CCCN1C(=O)Nc1snnc1-c1ccccc1. The first kappa shape index (κ1) is 16.7.